The van der Waals surface area contributed by atoms with Gasteiger partial charge in [0.2, 0.25) is 10.0 Å². The Labute approximate surface area is 173 Å². The smallest absolute Gasteiger partial charge is 0.229 e. The number of phenols is 1. The highest BCUT2D eigenvalue weighted by Gasteiger charge is 2.24. The zero-order chi connectivity index (χ0) is 21.2. The lowest BCUT2D eigenvalue weighted by Gasteiger charge is -2.19. The van der Waals surface area contributed by atoms with Gasteiger partial charge in [0, 0.05) is 12.5 Å². The van der Waals surface area contributed by atoms with Crippen LogP contribution in [0.15, 0.2) is 30.3 Å². The van der Waals surface area contributed by atoms with Crippen LogP contribution in [0, 0.1) is 0 Å². The Kier molecular flexibility index (Phi) is 6.51. The predicted molar refractivity (Wildman–Crippen MR) is 116 cm³/mol. The van der Waals surface area contributed by atoms with E-state index in [2.05, 4.69) is 36.0 Å². The third kappa shape index (κ3) is 5.50. The first-order valence-electron chi connectivity index (χ1n) is 10.1. The number of hydrogen-bond donors (Lipinski definition) is 4. The van der Waals surface area contributed by atoms with E-state index in [0.29, 0.717) is 6.42 Å². The third-order valence-corrected chi connectivity index (χ3v) is 6.02. The molecule has 3 rings (SSSR count). The lowest BCUT2D eigenvalue weighted by atomic mass is 9.97. The Balaban J connectivity index is 1.64. The minimum Gasteiger partial charge on any atom is -0.506 e. The molecular weight excluding hydrogens is 388 g/mol. The molecule has 0 saturated heterocycles. The van der Waals surface area contributed by atoms with Gasteiger partial charge in [-0.3, -0.25) is 10.0 Å². The van der Waals surface area contributed by atoms with Crippen molar-refractivity contribution < 1.29 is 18.6 Å². The first-order valence-corrected chi connectivity index (χ1v) is 11.9. The molecule has 7 heteroatoms. The molecule has 1 atom stereocenters. The van der Waals surface area contributed by atoms with Crippen LogP contribution in [-0.2, 0) is 42.1 Å². The van der Waals surface area contributed by atoms with E-state index >= 15 is 0 Å². The van der Waals surface area contributed by atoms with E-state index in [4.69, 9.17) is 0 Å². The SMILES string of the molecule is CCc1cc2c(cc1CC)CC(NC(O)Cc1ccc(O)c(NS(C)(=O)=O)c1)C2. The van der Waals surface area contributed by atoms with Gasteiger partial charge < -0.3 is 10.2 Å². The lowest BCUT2D eigenvalue weighted by molar-refractivity contribution is 0.123. The van der Waals surface area contributed by atoms with Crippen LogP contribution in [0.5, 0.6) is 5.75 Å². The van der Waals surface area contributed by atoms with Crippen LogP contribution in [0.1, 0.15) is 41.7 Å². The highest BCUT2D eigenvalue weighted by molar-refractivity contribution is 7.92. The van der Waals surface area contributed by atoms with Crippen molar-refractivity contribution in [1.29, 1.82) is 0 Å². The Morgan fingerprint density at radius 1 is 1.07 bits per heavy atom. The number of hydrogen-bond acceptors (Lipinski definition) is 5. The summed E-state index contributed by atoms with van der Waals surface area (Å²) in [5, 5.41) is 23.7. The summed E-state index contributed by atoms with van der Waals surface area (Å²) in [5.74, 6) is -0.147. The van der Waals surface area contributed by atoms with Crippen LogP contribution in [0.2, 0.25) is 0 Å². The molecule has 29 heavy (non-hydrogen) atoms. The molecule has 4 N–H and O–H groups in total. The predicted octanol–water partition coefficient (Wildman–Crippen LogP) is 2.51. The molecule has 0 fully saturated rings. The minimum absolute atomic E-state index is 0.115. The number of aryl methyl sites for hydroxylation is 2. The van der Waals surface area contributed by atoms with Crippen molar-refractivity contribution in [3.8, 4) is 5.75 Å². The molecule has 2 aromatic carbocycles. The van der Waals surface area contributed by atoms with Gasteiger partial charge >= 0.3 is 0 Å². The fourth-order valence-corrected chi connectivity index (χ4v) is 4.66. The fourth-order valence-electron chi connectivity index (χ4n) is 4.10. The zero-order valence-electron chi connectivity index (χ0n) is 17.2. The summed E-state index contributed by atoms with van der Waals surface area (Å²) >= 11 is 0. The first kappa shape index (κ1) is 21.6. The summed E-state index contributed by atoms with van der Waals surface area (Å²) in [5.41, 5.74) is 6.36. The molecule has 1 aliphatic carbocycles. The second-order valence-electron chi connectivity index (χ2n) is 7.81. The van der Waals surface area contributed by atoms with E-state index in [0.717, 1.165) is 37.5 Å². The molecule has 0 amide bonds. The average Bonchev–Trinajstić information content (AvgIpc) is 3.02. The molecule has 6 nitrogen and oxygen atoms in total. The van der Waals surface area contributed by atoms with Crippen LogP contribution >= 0.6 is 0 Å². The molecule has 1 unspecified atom stereocenters. The summed E-state index contributed by atoms with van der Waals surface area (Å²) in [6.45, 7) is 4.36. The van der Waals surface area contributed by atoms with E-state index in [1.807, 2.05) is 0 Å². The summed E-state index contributed by atoms with van der Waals surface area (Å²) < 4.78 is 25.2. The van der Waals surface area contributed by atoms with Crippen molar-refractivity contribution >= 4 is 15.7 Å². The van der Waals surface area contributed by atoms with Crippen molar-refractivity contribution in [1.82, 2.24) is 5.32 Å². The molecule has 158 valence electrons. The number of aliphatic hydroxyl groups is 1. The quantitative estimate of drug-likeness (QED) is 0.390. The number of aliphatic hydroxyl groups excluding tert-OH is 1. The highest BCUT2D eigenvalue weighted by Crippen LogP contribution is 2.28. The van der Waals surface area contributed by atoms with Gasteiger partial charge in [0.15, 0.2) is 0 Å². The van der Waals surface area contributed by atoms with Crippen LogP contribution in [0.25, 0.3) is 0 Å². The molecule has 0 aromatic heterocycles. The summed E-state index contributed by atoms with van der Waals surface area (Å²) in [7, 11) is -3.49. The third-order valence-electron chi connectivity index (χ3n) is 5.43. The van der Waals surface area contributed by atoms with Crippen molar-refractivity contribution in [2.24, 2.45) is 0 Å². The molecule has 0 saturated carbocycles. The van der Waals surface area contributed by atoms with Crippen LogP contribution in [0.4, 0.5) is 5.69 Å². The second kappa shape index (κ2) is 8.73. The number of phenolic OH excluding ortho intramolecular Hbond substituents is 1. The Bertz CT molecular complexity index is 956. The maximum atomic E-state index is 11.4. The molecule has 0 bridgehead atoms. The molecule has 0 aliphatic heterocycles. The Hall–Kier alpha value is -2.09. The van der Waals surface area contributed by atoms with Crippen molar-refractivity contribution in [2.45, 2.75) is 58.2 Å². The number of nitrogens with one attached hydrogen (secondary N) is 2. The number of sulfonamides is 1. The van der Waals surface area contributed by atoms with Crippen LogP contribution < -0.4 is 10.0 Å². The molecule has 0 radical (unpaired) electrons. The standard InChI is InChI=1S/C22H30N2O4S/c1-4-15-10-17-12-19(13-18(17)11-16(15)5-2)23-22(26)9-14-6-7-21(25)20(8-14)24-29(3,27)28/h6-8,10-11,19,22-26H,4-5,9,12-13H2,1-3H3. The Morgan fingerprint density at radius 2 is 1.66 bits per heavy atom. The number of aromatic hydroxyl groups is 1. The normalized spacial score (nSPS) is 15.3. The number of anilines is 1. The van der Waals surface area contributed by atoms with Gasteiger partial charge in [-0.05, 0) is 65.6 Å². The van der Waals surface area contributed by atoms with Crippen LogP contribution in [-0.4, -0.2) is 37.2 Å². The van der Waals surface area contributed by atoms with Gasteiger partial charge in [0.25, 0.3) is 0 Å². The van der Waals surface area contributed by atoms with Crippen molar-refractivity contribution in [3.63, 3.8) is 0 Å². The number of rotatable bonds is 8. The lowest BCUT2D eigenvalue weighted by Crippen LogP contribution is -2.40. The van der Waals surface area contributed by atoms with Crippen molar-refractivity contribution in [3.05, 3.63) is 58.1 Å². The summed E-state index contributed by atoms with van der Waals surface area (Å²) in [6, 6.07) is 9.45. The van der Waals surface area contributed by atoms with Gasteiger partial charge in [0.1, 0.15) is 12.0 Å². The van der Waals surface area contributed by atoms with E-state index in [-0.39, 0.29) is 17.5 Å². The Morgan fingerprint density at radius 3 is 2.17 bits per heavy atom. The minimum atomic E-state index is -3.49. The molecule has 0 spiro atoms. The van der Waals surface area contributed by atoms with E-state index in [1.165, 1.54) is 28.3 Å². The summed E-state index contributed by atoms with van der Waals surface area (Å²) in [4.78, 5) is 0. The van der Waals surface area contributed by atoms with Crippen molar-refractivity contribution in [2.75, 3.05) is 11.0 Å². The number of benzene rings is 2. The second-order valence-corrected chi connectivity index (χ2v) is 9.56. The maximum absolute atomic E-state index is 11.4. The van der Waals surface area contributed by atoms with Gasteiger partial charge in [-0.1, -0.05) is 32.0 Å². The van der Waals surface area contributed by atoms with E-state index < -0.39 is 16.3 Å². The molecule has 1 aliphatic rings. The fraction of sp³-hybridized carbons (Fsp3) is 0.455. The topological polar surface area (TPSA) is 98.7 Å². The number of fused-ring (bicyclic) bond motifs is 1. The summed E-state index contributed by atoms with van der Waals surface area (Å²) in [6.07, 6.45) is 4.41. The molecule has 0 heterocycles. The van der Waals surface area contributed by atoms with E-state index in [1.54, 1.807) is 12.1 Å². The van der Waals surface area contributed by atoms with Gasteiger partial charge in [-0.25, -0.2) is 8.42 Å². The van der Waals surface area contributed by atoms with Crippen LogP contribution in [0.3, 0.4) is 0 Å². The van der Waals surface area contributed by atoms with E-state index in [9.17, 15) is 18.6 Å². The monoisotopic (exact) mass is 418 g/mol. The largest absolute Gasteiger partial charge is 0.506 e. The van der Waals surface area contributed by atoms with Gasteiger partial charge in [-0.15, -0.1) is 0 Å². The van der Waals surface area contributed by atoms with Gasteiger partial charge in [0.05, 0.1) is 11.9 Å². The highest BCUT2D eigenvalue weighted by atomic mass is 32.2. The molecule has 2 aromatic rings. The zero-order valence-corrected chi connectivity index (χ0v) is 18.0. The average molecular weight is 419 g/mol. The first-order chi connectivity index (χ1) is 13.7. The van der Waals surface area contributed by atoms with Gasteiger partial charge in [-0.2, -0.15) is 0 Å². The maximum Gasteiger partial charge on any atom is 0.229 e. The molecular formula is C22H30N2O4S.